The van der Waals surface area contributed by atoms with Crippen molar-refractivity contribution in [2.24, 2.45) is 0 Å². The van der Waals surface area contributed by atoms with Crippen molar-refractivity contribution in [3.8, 4) is 5.75 Å². The second-order valence-corrected chi connectivity index (χ2v) is 8.46. The summed E-state index contributed by atoms with van der Waals surface area (Å²) < 4.78 is 16.1. The van der Waals surface area contributed by atoms with Gasteiger partial charge in [-0.05, 0) is 43.4 Å². The first kappa shape index (κ1) is 18.9. The number of methoxy groups -OCH3 is 1. The molecule has 30 heavy (non-hydrogen) atoms. The number of nitrogen functional groups attached to an aromatic ring is 1. The molecule has 1 aliphatic carbocycles. The van der Waals surface area contributed by atoms with E-state index in [2.05, 4.69) is 9.97 Å². The quantitative estimate of drug-likeness (QED) is 0.480. The largest absolute Gasteiger partial charge is 0.497 e. The summed E-state index contributed by atoms with van der Waals surface area (Å²) in [6, 6.07) is 5.49. The number of rotatable bonds is 5. The lowest BCUT2D eigenvalue weighted by Crippen LogP contribution is -2.10. The minimum atomic E-state index is -0.374. The van der Waals surface area contributed by atoms with Gasteiger partial charge in [-0.15, -0.1) is 11.3 Å². The number of thiophene rings is 1. The van der Waals surface area contributed by atoms with E-state index in [0.29, 0.717) is 23.0 Å². The summed E-state index contributed by atoms with van der Waals surface area (Å²) in [6.45, 7) is -0.00878. The van der Waals surface area contributed by atoms with E-state index in [0.717, 1.165) is 34.0 Å². The molecule has 3 heterocycles. The molecule has 3 aromatic heterocycles. The lowest BCUT2D eigenvalue weighted by Gasteiger charge is -2.10. The fourth-order valence-corrected chi connectivity index (χ4v) is 5.26. The molecule has 0 saturated carbocycles. The number of fused-ring (bicyclic) bond motifs is 4. The Kier molecular flexibility index (Phi) is 4.78. The minimum absolute atomic E-state index is 0.00878. The van der Waals surface area contributed by atoms with E-state index in [1.54, 1.807) is 30.8 Å². The average molecular weight is 423 g/mol. The van der Waals surface area contributed by atoms with Crippen LogP contribution in [0.15, 0.2) is 28.9 Å². The van der Waals surface area contributed by atoms with E-state index >= 15 is 0 Å². The number of anilines is 1. The maximum Gasteiger partial charge on any atom is 0.310 e. The monoisotopic (exact) mass is 423 g/mol. The number of aryl methyl sites for hydroxylation is 2. The van der Waals surface area contributed by atoms with Gasteiger partial charge < -0.3 is 19.6 Å². The predicted octanol–water partition coefficient (Wildman–Crippen LogP) is 4.19. The van der Waals surface area contributed by atoms with Crippen molar-refractivity contribution in [3.05, 3.63) is 46.3 Å². The van der Waals surface area contributed by atoms with Gasteiger partial charge in [0.2, 0.25) is 0 Å². The summed E-state index contributed by atoms with van der Waals surface area (Å²) in [6.07, 6.45) is 6.15. The Morgan fingerprint density at radius 2 is 2.13 bits per heavy atom. The Morgan fingerprint density at radius 3 is 3.00 bits per heavy atom. The lowest BCUT2D eigenvalue weighted by atomic mass is 9.97. The third-order valence-corrected chi connectivity index (χ3v) is 6.63. The van der Waals surface area contributed by atoms with Crippen LogP contribution in [0.5, 0.6) is 5.75 Å². The fraction of sp³-hybridized carbons (Fsp3) is 0.318. The molecule has 7 nitrogen and oxygen atoms in total. The maximum atomic E-state index is 12.4. The van der Waals surface area contributed by atoms with Crippen LogP contribution in [0.4, 0.5) is 5.82 Å². The molecule has 0 saturated heterocycles. The molecule has 0 fully saturated rings. The summed E-state index contributed by atoms with van der Waals surface area (Å²) in [4.78, 5) is 23.6. The number of carbonyl (C=O) groups excluding carboxylic acids is 1. The molecule has 0 radical (unpaired) electrons. The molecule has 8 heteroatoms. The van der Waals surface area contributed by atoms with Crippen LogP contribution >= 0.6 is 11.3 Å². The Morgan fingerprint density at radius 1 is 1.27 bits per heavy atom. The topological polar surface area (TPSA) is 100 Å². The van der Waals surface area contributed by atoms with Crippen LogP contribution in [-0.2, 0) is 35.4 Å². The summed E-state index contributed by atoms with van der Waals surface area (Å²) >= 11 is 1.68. The number of carbonyl (C=O) groups is 1. The average Bonchev–Trinajstić information content (AvgIpc) is 3.33. The molecule has 1 aromatic carbocycles. The lowest BCUT2D eigenvalue weighted by molar-refractivity contribution is -0.144. The van der Waals surface area contributed by atoms with Crippen LogP contribution in [0.1, 0.15) is 34.7 Å². The smallest absolute Gasteiger partial charge is 0.310 e. The number of furan rings is 1. The number of aromatic nitrogens is 2. The van der Waals surface area contributed by atoms with Gasteiger partial charge in [-0.1, -0.05) is 0 Å². The van der Waals surface area contributed by atoms with Crippen LogP contribution in [0, 0.1) is 0 Å². The zero-order valence-electron chi connectivity index (χ0n) is 16.6. The van der Waals surface area contributed by atoms with E-state index in [4.69, 9.17) is 19.6 Å². The van der Waals surface area contributed by atoms with E-state index in [-0.39, 0.29) is 19.0 Å². The van der Waals surface area contributed by atoms with Crippen molar-refractivity contribution in [2.75, 3.05) is 12.8 Å². The normalized spacial score (nSPS) is 13.5. The van der Waals surface area contributed by atoms with Gasteiger partial charge in [0.15, 0.2) is 12.4 Å². The van der Waals surface area contributed by atoms with E-state index in [1.165, 1.54) is 23.3 Å². The Bertz CT molecular complexity index is 1260. The van der Waals surface area contributed by atoms with Crippen LogP contribution < -0.4 is 10.5 Å². The van der Waals surface area contributed by atoms with Gasteiger partial charge in [0, 0.05) is 21.9 Å². The first-order valence-corrected chi connectivity index (χ1v) is 10.7. The number of hydrogen-bond donors (Lipinski definition) is 1. The number of benzene rings is 1. The van der Waals surface area contributed by atoms with Crippen LogP contribution in [0.25, 0.3) is 21.2 Å². The van der Waals surface area contributed by atoms with Crippen molar-refractivity contribution in [3.63, 3.8) is 0 Å². The van der Waals surface area contributed by atoms with Gasteiger partial charge in [0.1, 0.15) is 22.0 Å². The maximum absolute atomic E-state index is 12.4. The zero-order chi connectivity index (χ0) is 20.7. The molecular formula is C22H21N3O4S. The zero-order valence-corrected chi connectivity index (χ0v) is 17.4. The highest BCUT2D eigenvalue weighted by Gasteiger charge is 2.20. The first-order chi connectivity index (χ1) is 14.6. The molecule has 5 rings (SSSR count). The van der Waals surface area contributed by atoms with Gasteiger partial charge in [0.25, 0.3) is 0 Å². The molecule has 0 unspecified atom stereocenters. The highest BCUT2D eigenvalue weighted by atomic mass is 32.1. The van der Waals surface area contributed by atoms with Gasteiger partial charge in [-0.2, -0.15) is 0 Å². The molecule has 0 amide bonds. The van der Waals surface area contributed by atoms with Crippen LogP contribution in [0.2, 0.25) is 0 Å². The Hall–Kier alpha value is -3.13. The standard InChI is InChI=1S/C22H21N3O4S/c1-27-13-6-7-14-12(10-28-16(14)9-13)8-19(26)29-11-18-24-21(23)20-15-4-2-3-5-17(15)30-22(20)25-18/h6-7,9-10H,2-5,8,11H2,1H3,(H2,23,24,25). The summed E-state index contributed by atoms with van der Waals surface area (Å²) in [7, 11) is 1.60. The van der Waals surface area contributed by atoms with Crippen molar-refractivity contribution >= 4 is 44.3 Å². The fourth-order valence-electron chi connectivity index (χ4n) is 3.98. The van der Waals surface area contributed by atoms with Gasteiger partial charge in [-0.3, -0.25) is 4.79 Å². The highest BCUT2D eigenvalue weighted by molar-refractivity contribution is 7.19. The number of esters is 1. The molecule has 0 bridgehead atoms. The SMILES string of the molecule is COc1ccc2c(CC(=O)OCc3nc(N)c4c5c(sc4n3)CCCC5)coc2c1. The molecule has 4 aromatic rings. The summed E-state index contributed by atoms with van der Waals surface area (Å²) in [5, 5.41) is 1.84. The molecule has 0 atom stereocenters. The first-order valence-electron chi connectivity index (χ1n) is 9.88. The number of hydrogen-bond acceptors (Lipinski definition) is 8. The van der Waals surface area contributed by atoms with E-state index in [9.17, 15) is 4.79 Å². The molecular weight excluding hydrogens is 402 g/mol. The second-order valence-electron chi connectivity index (χ2n) is 7.38. The Balaban J connectivity index is 1.30. The Labute approximate surface area is 176 Å². The van der Waals surface area contributed by atoms with Crippen LogP contribution in [0.3, 0.4) is 0 Å². The van der Waals surface area contributed by atoms with E-state index < -0.39 is 0 Å². The van der Waals surface area contributed by atoms with Crippen molar-refractivity contribution < 1.29 is 18.7 Å². The summed E-state index contributed by atoms with van der Waals surface area (Å²) in [5.74, 6) is 1.22. The number of ether oxygens (including phenoxy) is 2. The molecule has 2 N–H and O–H groups in total. The van der Waals surface area contributed by atoms with Crippen molar-refractivity contribution in [2.45, 2.75) is 38.7 Å². The molecule has 1 aliphatic rings. The molecule has 0 aliphatic heterocycles. The third kappa shape index (κ3) is 3.37. The van der Waals surface area contributed by atoms with Crippen molar-refractivity contribution in [1.82, 2.24) is 9.97 Å². The number of nitrogens with zero attached hydrogens (tertiary/aromatic N) is 2. The summed E-state index contributed by atoms with van der Waals surface area (Å²) in [5.41, 5.74) is 8.95. The van der Waals surface area contributed by atoms with Gasteiger partial charge >= 0.3 is 5.97 Å². The van der Waals surface area contributed by atoms with Crippen molar-refractivity contribution in [1.29, 1.82) is 0 Å². The number of nitrogens with two attached hydrogens (primary N) is 1. The second kappa shape index (κ2) is 7.60. The van der Waals surface area contributed by atoms with Crippen LogP contribution in [-0.4, -0.2) is 23.0 Å². The van der Waals surface area contributed by atoms with Gasteiger partial charge in [-0.25, -0.2) is 9.97 Å². The molecule has 0 spiro atoms. The van der Waals surface area contributed by atoms with Gasteiger partial charge in [0.05, 0.1) is 25.2 Å². The third-order valence-electron chi connectivity index (χ3n) is 5.45. The predicted molar refractivity (Wildman–Crippen MR) is 115 cm³/mol. The molecule has 154 valence electrons. The van der Waals surface area contributed by atoms with E-state index in [1.807, 2.05) is 12.1 Å². The minimum Gasteiger partial charge on any atom is -0.497 e. The highest BCUT2D eigenvalue weighted by Crippen LogP contribution is 2.37.